The first-order chi connectivity index (χ1) is 12.0. The Balaban J connectivity index is 1.63. The van der Waals surface area contributed by atoms with Crippen molar-refractivity contribution >= 4 is 5.69 Å². The molecule has 136 valence electrons. The lowest BCUT2D eigenvalue weighted by atomic mass is 10.0. The van der Waals surface area contributed by atoms with Crippen LogP contribution in [0.25, 0.3) is 0 Å². The smallest absolute Gasteiger partial charge is 0.138 e. The highest BCUT2D eigenvalue weighted by Gasteiger charge is 2.20. The second-order valence-electron chi connectivity index (χ2n) is 7.16. The van der Waals surface area contributed by atoms with E-state index in [2.05, 4.69) is 53.5 Å². The average molecular weight is 343 g/mol. The molecule has 2 atom stereocenters. The van der Waals surface area contributed by atoms with Crippen LogP contribution in [0.4, 0.5) is 5.69 Å². The minimum absolute atomic E-state index is 0.134. The second-order valence-corrected chi connectivity index (χ2v) is 7.16. The van der Waals surface area contributed by atoms with Crippen LogP contribution in [0.2, 0.25) is 0 Å². The van der Waals surface area contributed by atoms with Crippen molar-refractivity contribution in [1.82, 2.24) is 10.5 Å². The van der Waals surface area contributed by atoms with E-state index in [1.165, 1.54) is 11.3 Å². The first-order valence-electron chi connectivity index (χ1n) is 9.17. The van der Waals surface area contributed by atoms with Crippen LogP contribution in [0.5, 0.6) is 0 Å². The van der Waals surface area contributed by atoms with Crippen molar-refractivity contribution in [3.63, 3.8) is 0 Å². The normalized spacial score (nSPS) is 18.4. The van der Waals surface area contributed by atoms with E-state index in [-0.39, 0.29) is 18.2 Å². The molecule has 0 radical (unpaired) electrons. The number of hydrogen-bond donors (Lipinski definition) is 2. The van der Waals surface area contributed by atoms with Gasteiger partial charge in [-0.05, 0) is 58.2 Å². The number of rotatable bonds is 5. The molecule has 1 aliphatic rings. The first-order valence-corrected chi connectivity index (χ1v) is 9.17. The second kappa shape index (κ2) is 7.58. The van der Waals surface area contributed by atoms with Gasteiger partial charge in [0.1, 0.15) is 5.76 Å². The van der Waals surface area contributed by atoms with Crippen LogP contribution in [0.1, 0.15) is 61.4 Å². The van der Waals surface area contributed by atoms with Crippen molar-refractivity contribution in [3.8, 4) is 0 Å². The Morgan fingerprint density at radius 1 is 1.12 bits per heavy atom. The summed E-state index contributed by atoms with van der Waals surface area (Å²) in [7, 11) is 0. The van der Waals surface area contributed by atoms with Gasteiger partial charge in [0.25, 0.3) is 0 Å². The van der Waals surface area contributed by atoms with E-state index in [1.54, 1.807) is 0 Å². The summed E-state index contributed by atoms with van der Waals surface area (Å²) >= 11 is 0. The SMILES string of the molecule is Cc1noc(C)c1C(C)NC(C)c1ccc(N2CCC(O)CC2)cc1. The number of benzene rings is 1. The first kappa shape index (κ1) is 18.0. The number of aliphatic hydroxyl groups excluding tert-OH is 1. The predicted molar refractivity (Wildman–Crippen MR) is 99.8 cm³/mol. The van der Waals surface area contributed by atoms with Crippen LogP contribution in [0.3, 0.4) is 0 Å². The molecule has 2 heterocycles. The van der Waals surface area contributed by atoms with E-state index in [0.717, 1.165) is 42.9 Å². The molecule has 1 aliphatic heterocycles. The number of aliphatic hydroxyl groups is 1. The van der Waals surface area contributed by atoms with Gasteiger partial charge in [0.15, 0.2) is 0 Å². The average Bonchev–Trinajstić information content (AvgIpc) is 2.94. The minimum atomic E-state index is -0.134. The number of anilines is 1. The van der Waals surface area contributed by atoms with Crippen LogP contribution in [0, 0.1) is 13.8 Å². The quantitative estimate of drug-likeness (QED) is 0.867. The molecule has 1 fully saturated rings. The molecule has 3 rings (SSSR count). The molecular formula is C20H29N3O2. The van der Waals surface area contributed by atoms with Crippen molar-refractivity contribution < 1.29 is 9.63 Å². The number of nitrogens with zero attached hydrogens (tertiary/aromatic N) is 2. The molecule has 0 aliphatic carbocycles. The number of nitrogens with one attached hydrogen (secondary N) is 1. The summed E-state index contributed by atoms with van der Waals surface area (Å²) in [4.78, 5) is 2.35. The summed E-state index contributed by atoms with van der Waals surface area (Å²) in [5, 5.41) is 17.3. The van der Waals surface area contributed by atoms with Crippen LogP contribution >= 0.6 is 0 Å². The van der Waals surface area contributed by atoms with E-state index in [4.69, 9.17) is 4.52 Å². The minimum Gasteiger partial charge on any atom is -0.393 e. The third kappa shape index (κ3) is 4.05. The summed E-state index contributed by atoms with van der Waals surface area (Å²) in [5.74, 6) is 0.882. The van der Waals surface area contributed by atoms with E-state index in [1.807, 2.05) is 13.8 Å². The Kier molecular flexibility index (Phi) is 5.45. The van der Waals surface area contributed by atoms with E-state index in [9.17, 15) is 5.11 Å². The molecule has 0 bridgehead atoms. The van der Waals surface area contributed by atoms with Crippen molar-refractivity contribution in [2.75, 3.05) is 18.0 Å². The number of piperidine rings is 1. The Hall–Kier alpha value is -1.85. The van der Waals surface area contributed by atoms with Crippen molar-refractivity contribution in [2.24, 2.45) is 0 Å². The Labute approximate surface area is 150 Å². The molecular weight excluding hydrogens is 314 g/mol. The molecule has 1 saturated heterocycles. The van der Waals surface area contributed by atoms with Gasteiger partial charge in [-0.3, -0.25) is 0 Å². The predicted octanol–water partition coefficient (Wildman–Crippen LogP) is 3.66. The van der Waals surface area contributed by atoms with E-state index in [0.29, 0.717) is 0 Å². The van der Waals surface area contributed by atoms with Crippen molar-refractivity contribution in [2.45, 2.75) is 58.7 Å². The van der Waals surface area contributed by atoms with E-state index >= 15 is 0 Å². The Morgan fingerprint density at radius 3 is 2.32 bits per heavy atom. The van der Waals surface area contributed by atoms with Gasteiger partial charge in [0.2, 0.25) is 0 Å². The van der Waals surface area contributed by atoms with Gasteiger partial charge in [-0.15, -0.1) is 0 Å². The highest BCUT2D eigenvalue weighted by atomic mass is 16.5. The summed E-state index contributed by atoms with van der Waals surface area (Å²) in [6.45, 7) is 10.1. The zero-order valence-electron chi connectivity index (χ0n) is 15.6. The van der Waals surface area contributed by atoms with Gasteiger partial charge in [-0.1, -0.05) is 17.3 Å². The van der Waals surface area contributed by atoms with Crippen molar-refractivity contribution in [3.05, 3.63) is 46.8 Å². The lowest BCUT2D eigenvalue weighted by Crippen LogP contribution is -2.35. The fourth-order valence-corrected chi connectivity index (χ4v) is 3.76. The summed E-state index contributed by atoms with van der Waals surface area (Å²) < 4.78 is 5.28. The maximum absolute atomic E-state index is 9.65. The molecule has 0 saturated carbocycles. The third-order valence-electron chi connectivity index (χ3n) is 5.24. The molecule has 2 N–H and O–H groups in total. The molecule has 2 aromatic rings. The third-order valence-corrected chi connectivity index (χ3v) is 5.24. The monoisotopic (exact) mass is 343 g/mol. The molecule has 0 amide bonds. The topological polar surface area (TPSA) is 61.5 Å². The van der Waals surface area contributed by atoms with Gasteiger partial charge in [0.05, 0.1) is 11.8 Å². The van der Waals surface area contributed by atoms with Crippen LogP contribution in [-0.2, 0) is 0 Å². The van der Waals surface area contributed by atoms with Crippen LogP contribution < -0.4 is 10.2 Å². The molecule has 1 aromatic carbocycles. The molecule has 25 heavy (non-hydrogen) atoms. The van der Waals surface area contributed by atoms with Crippen LogP contribution in [-0.4, -0.2) is 29.5 Å². The molecule has 5 heteroatoms. The zero-order valence-corrected chi connectivity index (χ0v) is 15.6. The number of aromatic nitrogens is 1. The van der Waals surface area contributed by atoms with Gasteiger partial charge < -0.3 is 19.8 Å². The summed E-state index contributed by atoms with van der Waals surface area (Å²) in [5.41, 5.74) is 4.60. The summed E-state index contributed by atoms with van der Waals surface area (Å²) in [6.07, 6.45) is 1.58. The van der Waals surface area contributed by atoms with E-state index < -0.39 is 0 Å². The molecule has 0 spiro atoms. The highest BCUT2D eigenvalue weighted by molar-refractivity contribution is 5.48. The lowest BCUT2D eigenvalue weighted by Gasteiger charge is -2.31. The molecule has 2 unspecified atom stereocenters. The molecule has 5 nitrogen and oxygen atoms in total. The Bertz CT molecular complexity index is 668. The lowest BCUT2D eigenvalue weighted by molar-refractivity contribution is 0.145. The van der Waals surface area contributed by atoms with Gasteiger partial charge in [0, 0.05) is 36.4 Å². The fourth-order valence-electron chi connectivity index (χ4n) is 3.76. The van der Waals surface area contributed by atoms with Gasteiger partial charge >= 0.3 is 0 Å². The fraction of sp³-hybridized carbons (Fsp3) is 0.550. The number of hydrogen-bond acceptors (Lipinski definition) is 5. The van der Waals surface area contributed by atoms with Crippen LogP contribution in [0.15, 0.2) is 28.8 Å². The zero-order chi connectivity index (χ0) is 18.0. The van der Waals surface area contributed by atoms with Gasteiger partial charge in [-0.2, -0.15) is 0 Å². The summed E-state index contributed by atoms with van der Waals surface area (Å²) in [6, 6.07) is 9.18. The maximum Gasteiger partial charge on any atom is 0.138 e. The number of aryl methyl sites for hydroxylation is 2. The maximum atomic E-state index is 9.65. The van der Waals surface area contributed by atoms with Gasteiger partial charge in [-0.25, -0.2) is 0 Å². The molecule has 1 aromatic heterocycles. The standard InChI is InChI=1S/C20H29N3O2/c1-13(21-14(2)20-15(3)22-25-16(20)4)17-5-7-18(8-6-17)23-11-9-19(24)10-12-23/h5-8,13-14,19,21,24H,9-12H2,1-4H3. The Morgan fingerprint density at radius 2 is 1.76 bits per heavy atom. The van der Waals surface area contributed by atoms with Crippen molar-refractivity contribution in [1.29, 1.82) is 0 Å². The highest BCUT2D eigenvalue weighted by Crippen LogP contribution is 2.26. The largest absolute Gasteiger partial charge is 0.393 e.